The average molecular weight is 419 g/mol. The number of hydrogen-bond acceptors (Lipinski definition) is 4. The SMILES string of the molecule is CC1SC2(CCN(C(=O)CCl)CC2)N(Cc2ccc(-c3ccccc3)o2)C1=O. The molecule has 3 heterocycles. The molecule has 2 aliphatic rings. The van der Waals surface area contributed by atoms with Gasteiger partial charge in [-0.05, 0) is 31.9 Å². The second-order valence-corrected chi connectivity index (χ2v) is 9.25. The monoisotopic (exact) mass is 418 g/mol. The van der Waals surface area contributed by atoms with E-state index >= 15 is 0 Å². The van der Waals surface area contributed by atoms with Gasteiger partial charge in [-0.25, -0.2) is 0 Å². The molecule has 2 aromatic rings. The van der Waals surface area contributed by atoms with Gasteiger partial charge in [0.05, 0.1) is 16.7 Å². The molecule has 28 heavy (non-hydrogen) atoms. The Balaban J connectivity index is 1.52. The minimum Gasteiger partial charge on any atom is -0.459 e. The van der Waals surface area contributed by atoms with Gasteiger partial charge >= 0.3 is 0 Å². The molecule has 1 atom stereocenters. The molecule has 2 amide bonds. The highest BCUT2D eigenvalue weighted by atomic mass is 35.5. The number of piperidine rings is 1. The predicted octanol–water partition coefficient (Wildman–Crippen LogP) is 3.97. The fourth-order valence-electron chi connectivity index (χ4n) is 4.04. The van der Waals surface area contributed by atoms with Crippen molar-refractivity contribution in [3.05, 3.63) is 48.2 Å². The largest absolute Gasteiger partial charge is 0.459 e. The molecule has 1 spiro atoms. The van der Waals surface area contributed by atoms with Crippen LogP contribution in [0.25, 0.3) is 11.3 Å². The van der Waals surface area contributed by atoms with Crippen LogP contribution in [0.1, 0.15) is 25.5 Å². The molecule has 7 heteroatoms. The first kappa shape index (κ1) is 19.4. The van der Waals surface area contributed by atoms with Gasteiger partial charge in [0.15, 0.2) is 0 Å². The van der Waals surface area contributed by atoms with Crippen molar-refractivity contribution in [3.63, 3.8) is 0 Å². The van der Waals surface area contributed by atoms with Crippen molar-refractivity contribution in [2.75, 3.05) is 19.0 Å². The van der Waals surface area contributed by atoms with Crippen LogP contribution in [-0.2, 0) is 16.1 Å². The zero-order valence-corrected chi connectivity index (χ0v) is 17.3. The van der Waals surface area contributed by atoms with Crippen molar-refractivity contribution < 1.29 is 14.0 Å². The Bertz CT molecular complexity index is 862. The summed E-state index contributed by atoms with van der Waals surface area (Å²) in [6, 6.07) is 13.8. The van der Waals surface area contributed by atoms with Crippen LogP contribution in [0.5, 0.6) is 0 Å². The number of nitrogens with zero attached hydrogens (tertiary/aromatic N) is 2. The summed E-state index contributed by atoms with van der Waals surface area (Å²) in [5, 5.41) is -0.0844. The maximum absolute atomic E-state index is 12.9. The molecule has 0 N–H and O–H groups in total. The predicted molar refractivity (Wildman–Crippen MR) is 111 cm³/mol. The van der Waals surface area contributed by atoms with Crippen molar-refractivity contribution in [1.82, 2.24) is 9.80 Å². The van der Waals surface area contributed by atoms with Crippen LogP contribution in [0, 0.1) is 0 Å². The molecule has 1 aromatic heterocycles. The Morgan fingerprint density at radius 3 is 2.61 bits per heavy atom. The summed E-state index contributed by atoms with van der Waals surface area (Å²) in [4.78, 5) is 28.3. The van der Waals surface area contributed by atoms with Gasteiger partial charge in [-0.1, -0.05) is 30.3 Å². The van der Waals surface area contributed by atoms with Crippen LogP contribution in [0.3, 0.4) is 0 Å². The Labute approximate surface area is 174 Å². The Morgan fingerprint density at radius 2 is 1.93 bits per heavy atom. The van der Waals surface area contributed by atoms with E-state index in [0.29, 0.717) is 19.6 Å². The standard InChI is InChI=1S/C21H23ClN2O3S/c1-15-20(26)24(21(28-15)9-11-23(12-10-21)19(25)13-22)14-17-7-8-18(27-17)16-5-3-2-4-6-16/h2-8,15H,9-14H2,1H3. The number of halogens is 1. The highest BCUT2D eigenvalue weighted by Crippen LogP contribution is 2.48. The van der Waals surface area contributed by atoms with E-state index in [9.17, 15) is 9.59 Å². The molecule has 1 unspecified atom stereocenters. The molecule has 0 radical (unpaired) electrons. The second-order valence-electron chi connectivity index (χ2n) is 7.28. The highest BCUT2D eigenvalue weighted by Gasteiger charge is 2.51. The molecular weight excluding hydrogens is 396 g/mol. The van der Waals surface area contributed by atoms with Crippen LogP contribution in [-0.4, -0.2) is 50.7 Å². The van der Waals surface area contributed by atoms with Crippen molar-refractivity contribution in [1.29, 1.82) is 0 Å². The molecule has 148 valence electrons. The van der Waals surface area contributed by atoms with Crippen LogP contribution in [0.2, 0.25) is 0 Å². The average Bonchev–Trinajstić information content (AvgIpc) is 3.28. The fourth-order valence-corrected chi connectivity index (χ4v) is 5.79. The van der Waals surface area contributed by atoms with E-state index in [1.165, 1.54) is 0 Å². The second kappa shape index (κ2) is 7.84. The number of hydrogen-bond donors (Lipinski definition) is 0. The van der Waals surface area contributed by atoms with Gasteiger partial charge in [-0.15, -0.1) is 23.4 Å². The molecule has 2 fully saturated rings. The summed E-state index contributed by atoms with van der Waals surface area (Å²) in [6.07, 6.45) is 1.51. The van der Waals surface area contributed by atoms with Crippen LogP contribution >= 0.6 is 23.4 Å². The molecule has 0 saturated carbocycles. The molecule has 4 rings (SSSR count). The Hall–Kier alpha value is -1.92. The first-order chi connectivity index (χ1) is 13.5. The summed E-state index contributed by atoms with van der Waals surface area (Å²) in [5.74, 6) is 1.69. The van der Waals surface area contributed by atoms with E-state index in [1.54, 1.807) is 16.7 Å². The number of alkyl halides is 1. The molecule has 0 aliphatic carbocycles. The van der Waals surface area contributed by atoms with Crippen LogP contribution in [0.4, 0.5) is 0 Å². The molecule has 1 aromatic carbocycles. The molecule has 0 bridgehead atoms. The zero-order valence-electron chi connectivity index (χ0n) is 15.8. The van der Waals surface area contributed by atoms with Gasteiger partial charge in [0, 0.05) is 18.7 Å². The van der Waals surface area contributed by atoms with Crippen molar-refractivity contribution in [3.8, 4) is 11.3 Å². The summed E-state index contributed by atoms with van der Waals surface area (Å²) in [5.41, 5.74) is 1.02. The maximum atomic E-state index is 12.9. The summed E-state index contributed by atoms with van der Waals surface area (Å²) < 4.78 is 6.04. The third kappa shape index (κ3) is 3.55. The van der Waals surface area contributed by atoms with E-state index in [-0.39, 0.29) is 27.8 Å². The summed E-state index contributed by atoms with van der Waals surface area (Å²) >= 11 is 7.41. The topological polar surface area (TPSA) is 53.8 Å². The van der Waals surface area contributed by atoms with Crippen molar-refractivity contribution >= 4 is 35.2 Å². The number of amides is 2. The number of furan rings is 1. The van der Waals surface area contributed by atoms with Crippen molar-refractivity contribution in [2.24, 2.45) is 0 Å². The van der Waals surface area contributed by atoms with Gasteiger partial charge in [-0.2, -0.15) is 0 Å². The normalized spacial score (nSPS) is 21.5. The third-order valence-corrected chi connectivity index (χ3v) is 7.40. The Morgan fingerprint density at radius 1 is 1.21 bits per heavy atom. The van der Waals surface area contributed by atoms with E-state index in [2.05, 4.69) is 0 Å². The molecule has 2 saturated heterocycles. The number of carbonyl (C=O) groups is 2. The lowest BCUT2D eigenvalue weighted by Gasteiger charge is -2.43. The van der Waals surface area contributed by atoms with E-state index in [4.69, 9.17) is 16.0 Å². The third-order valence-electron chi connectivity index (χ3n) is 5.55. The number of rotatable bonds is 4. The lowest BCUT2D eigenvalue weighted by atomic mass is 10.0. The summed E-state index contributed by atoms with van der Waals surface area (Å²) in [6.45, 7) is 3.67. The van der Waals surface area contributed by atoms with Gasteiger partial charge in [0.1, 0.15) is 17.4 Å². The lowest BCUT2D eigenvalue weighted by molar-refractivity contribution is -0.135. The van der Waals surface area contributed by atoms with E-state index in [1.807, 2.05) is 54.3 Å². The summed E-state index contributed by atoms with van der Waals surface area (Å²) in [7, 11) is 0. The molecular formula is C21H23ClN2O3S. The number of carbonyl (C=O) groups excluding carboxylic acids is 2. The van der Waals surface area contributed by atoms with E-state index < -0.39 is 0 Å². The molecule has 2 aliphatic heterocycles. The fraction of sp³-hybridized carbons (Fsp3) is 0.429. The smallest absolute Gasteiger partial charge is 0.237 e. The zero-order chi connectivity index (χ0) is 19.7. The number of benzene rings is 1. The highest BCUT2D eigenvalue weighted by molar-refractivity contribution is 8.02. The van der Waals surface area contributed by atoms with Crippen molar-refractivity contribution in [2.45, 2.75) is 36.4 Å². The first-order valence-corrected chi connectivity index (χ1v) is 10.9. The quantitative estimate of drug-likeness (QED) is 0.705. The molecule has 5 nitrogen and oxygen atoms in total. The van der Waals surface area contributed by atoms with Gasteiger partial charge in [0.25, 0.3) is 0 Å². The van der Waals surface area contributed by atoms with Crippen LogP contribution in [0.15, 0.2) is 46.9 Å². The van der Waals surface area contributed by atoms with Crippen LogP contribution < -0.4 is 0 Å². The van der Waals surface area contributed by atoms with Gasteiger partial charge in [-0.3, -0.25) is 9.59 Å². The number of likely N-dealkylation sites (tertiary alicyclic amines) is 1. The van der Waals surface area contributed by atoms with E-state index in [0.717, 1.165) is 29.9 Å². The number of thioether (sulfide) groups is 1. The lowest BCUT2D eigenvalue weighted by Crippen LogP contribution is -2.52. The minimum atomic E-state index is -0.278. The van der Waals surface area contributed by atoms with Gasteiger partial charge in [0.2, 0.25) is 11.8 Å². The minimum absolute atomic E-state index is 0.00779. The maximum Gasteiger partial charge on any atom is 0.237 e. The first-order valence-electron chi connectivity index (χ1n) is 9.49. The Kier molecular flexibility index (Phi) is 5.43. The van der Waals surface area contributed by atoms with Gasteiger partial charge < -0.3 is 14.2 Å².